The van der Waals surface area contributed by atoms with Crippen molar-refractivity contribution >= 4 is 0 Å². The molecule has 2 heteroatoms. The van der Waals surface area contributed by atoms with Crippen molar-refractivity contribution in [3.63, 3.8) is 0 Å². The van der Waals surface area contributed by atoms with Crippen LogP contribution in [-0.4, -0.2) is 12.1 Å². The zero-order valence-electron chi connectivity index (χ0n) is 11.0. The highest BCUT2D eigenvalue weighted by Gasteiger charge is 2.25. The van der Waals surface area contributed by atoms with Crippen molar-refractivity contribution in [2.24, 2.45) is 5.73 Å². The van der Waals surface area contributed by atoms with Gasteiger partial charge in [-0.2, -0.15) is 0 Å². The molecule has 1 fully saturated rings. The van der Waals surface area contributed by atoms with Gasteiger partial charge in [0.05, 0.1) is 0 Å². The second-order valence-electron chi connectivity index (χ2n) is 5.71. The van der Waals surface area contributed by atoms with Gasteiger partial charge in [-0.1, -0.05) is 18.6 Å². The van der Waals surface area contributed by atoms with Crippen molar-refractivity contribution in [2.75, 3.05) is 0 Å². The number of hydrogen-bond acceptors (Lipinski definition) is 2. The van der Waals surface area contributed by atoms with E-state index < -0.39 is 0 Å². The Balaban J connectivity index is 1.79. The standard InChI is InChI=1S/C16H23NO/c17-14-9-3-4-10-16(14)18-15-11-5-7-12-6-1-2-8-13(12)15/h5,7,11,14,16H,1-4,6,8-10,17H2. The molecule has 0 bridgehead atoms. The van der Waals surface area contributed by atoms with Gasteiger partial charge in [0, 0.05) is 6.04 Å². The number of fused-ring (bicyclic) bond motifs is 1. The summed E-state index contributed by atoms with van der Waals surface area (Å²) in [5.41, 5.74) is 9.11. The van der Waals surface area contributed by atoms with Crippen LogP contribution in [0.2, 0.25) is 0 Å². The lowest BCUT2D eigenvalue weighted by atomic mass is 9.90. The van der Waals surface area contributed by atoms with Crippen molar-refractivity contribution in [3.05, 3.63) is 29.3 Å². The minimum absolute atomic E-state index is 0.221. The van der Waals surface area contributed by atoms with E-state index in [2.05, 4.69) is 18.2 Å². The number of hydrogen-bond donors (Lipinski definition) is 1. The first-order valence-corrected chi connectivity index (χ1v) is 7.37. The van der Waals surface area contributed by atoms with Gasteiger partial charge in [0.25, 0.3) is 0 Å². The lowest BCUT2D eigenvalue weighted by Crippen LogP contribution is -2.41. The molecule has 0 aromatic heterocycles. The zero-order valence-corrected chi connectivity index (χ0v) is 11.0. The summed E-state index contributed by atoms with van der Waals surface area (Å²) in [6.45, 7) is 0. The molecular weight excluding hydrogens is 222 g/mol. The van der Waals surface area contributed by atoms with Gasteiger partial charge in [-0.05, 0) is 62.1 Å². The molecule has 0 aliphatic heterocycles. The van der Waals surface area contributed by atoms with Gasteiger partial charge in [-0.15, -0.1) is 0 Å². The second-order valence-corrected chi connectivity index (χ2v) is 5.71. The molecule has 1 aromatic carbocycles. The van der Waals surface area contributed by atoms with E-state index in [1.807, 2.05) is 0 Å². The Morgan fingerprint density at radius 3 is 2.72 bits per heavy atom. The third kappa shape index (κ3) is 2.39. The van der Waals surface area contributed by atoms with Crippen LogP contribution in [0.4, 0.5) is 0 Å². The number of ether oxygens (including phenoxy) is 1. The summed E-state index contributed by atoms with van der Waals surface area (Å²) in [7, 11) is 0. The molecule has 2 nitrogen and oxygen atoms in total. The van der Waals surface area contributed by atoms with Crippen LogP contribution in [0, 0.1) is 0 Å². The Kier molecular flexibility index (Phi) is 3.55. The van der Waals surface area contributed by atoms with E-state index >= 15 is 0 Å². The topological polar surface area (TPSA) is 35.2 Å². The summed E-state index contributed by atoms with van der Waals surface area (Å²) in [6, 6.07) is 6.74. The Labute approximate surface area is 110 Å². The molecule has 0 spiro atoms. The average Bonchev–Trinajstić information content (AvgIpc) is 2.42. The quantitative estimate of drug-likeness (QED) is 0.868. The van der Waals surface area contributed by atoms with E-state index in [1.165, 1.54) is 49.7 Å². The summed E-state index contributed by atoms with van der Waals surface area (Å²) < 4.78 is 6.24. The molecule has 1 aromatic rings. The molecule has 2 unspecified atom stereocenters. The van der Waals surface area contributed by atoms with Crippen molar-refractivity contribution in [1.29, 1.82) is 0 Å². The van der Waals surface area contributed by atoms with Crippen LogP contribution in [0.1, 0.15) is 49.7 Å². The largest absolute Gasteiger partial charge is 0.489 e. The molecule has 0 heterocycles. The van der Waals surface area contributed by atoms with E-state index in [1.54, 1.807) is 0 Å². The predicted molar refractivity (Wildman–Crippen MR) is 73.9 cm³/mol. The highest BCUT2D eigenvalue weighted by molar-refractivity contribution is 5.41. The maximum Gasteiger partial charge on any atom is 0.123 e. The van der Waals surface area contributed by atoms with Crippen molar-refractivity contribution < 1.29 is 4.74 Å². The smallest absolute Gasteiger partial charge is 0.123 e. The fraction of sp³-hybridized carbons (Fsp3) is 0.625. The molecule has 0 radical (unpaired) electrons. The Hall–Kier alpha value is -1.02. The third-order valence-corrected chi connectivity index (χ3v) is 4.38. The van der Waals surface area contributed by atoms with Gasteiger partial charge >= 0.3 is 0 Å². The van der Waals surface area contributed by atoms with Crippen LogP contribution < -0.4 is 10.5 Å². The normalized spacial score (nSPS) is 27.6. The highest BCUT2D eigenvalue weighted by Crippen LogP contribution is 2.32. The van der Waals surface area contributed by atoms with E-state index in [-0.39, 0.29) is 12.1 Å². The second kappa shape index (κ2) is 5.31. The highest BCUT2D eigenvalue weighted by atomic mass is 16.5. The van der Waals surface area contributed by atoms with Crippen LogP contribution in [0.5, 0.6) is 5.75 Å². The Bertz CT molecular complexity index is 416. The third-order valence-electron chi connectivity index (χ3n) is 4.38. The van der Waals surface area contributed by atoms with Gasteiger partial charge < -0.3 is 10.5 Å². The first-order valence-electron chi connectivity index (χ1n) is 7.37. The first-order chi connectivity index (χ1) is 8.84. The summed E-state index contributed by atoms with van der Waals surface area (Å²) >= 11 is 0. The van der Waals surface area contributed by atoms with E-state index in [9.17, 15) is 0 Å². The monoisotopic (exact) mass is 245 g/mol. The van der Waals surface area contributed by atoms with Gasteiger partial charge in [-0.25, -0.2) is 0 Å². The number of benzene rings is 1. The summed E-state index contributed by atoms with van der Waals surface area (Å²) in [5.74, 6) is 1.11. The van der Waals surface area contributed by atoms with Crippen molar-refractivity contribution in [3.8, 4) is 5.75 Å². The molecule has 2 aliphatic carbocycles. The lowest BCUT2D eigenvalue weighted by Gasteiger charge is -2.31. The molecular formula is C16H23NO. The predicted octanol–water partition coefficient (Wildman–Crippen LogP) is 3.21. The Morgan fingerprint density at radius 1 is 1.00 bits per heavy atom. The fourth-order valence-corrected chi connectivity index (χ4v) is 3.29. The van der Waals surface area contributed by atoms with Gasteiger partial charge in [0.15, 0.2) is 0 Å². The SMILES string of the molecule is NC1CCCCC1Oc1cccc2c1CCCC2. The maximum atomic E-state index is 6.24. The molecule has 2 atom stereocenters. The minimum atomic E-state index is 0.221. The van der Waals surface area contributed by atoms with Crippen LogP contribution >= 0.6 is 0 Å². The van der Waals surface area contributed by atoms with Gasteiger partial charge in [0.1, 0.15) is 11.9 Å². The van der Waals surface area contributed by atoms with Crippen LogP contribution in [0.25, 0.3) is 0 Å². The minimum Gasteiger partial charge on any atom is -0.489 e. The van der Waals surface area contributed by atoms with Gasteiger partial charge in [0.2, 0.25) is 0 Å². The number of nitrogens with two attached hydrogens (primary N) is 1. The maximum absolute atomic E-state index is 6.24. The summed E-state index contributed by atoms with van der Waals surface area (Å²) in [4.78, 5) is 0. The van der Waals surface area contributed by atoms with Crippen LogP contribution in [0.3, 0.4) is 0 Å². The zero-order chi connectivity index (χ0) is 12.4. The molecule has 3 rings (SSSR count). The van der Waals surface area contributed by atoms with E-state index in [0.29, 0.717) is 0 Å². The summed E-state index contributed by atoms with van der Waals surface area (Å²) in [5, 5.41) is 0. The van der Waals surface area contributed by atoms with Crippen molar-refractivity contribution in [1.82, 2.24) is 0 Å². The van der Waals surface area contributed by atoms with Crippen molar-refractivity contribution in [2.45, 2.75) is 63.5 Å². The molecule has 18 heavy (non-hydrogen) atoms. The fourth-order valence-electron chi connectivity index (χ4n) is 3.29. The number of rotatable bonds is 2. The first kappa shape index (κ1) is 12.0. The molecule has 1 saturated carbocycles. The van der Waals surface area contributed by atoms with Crippen LogP contribution in [0.15, 0.2) is 18.2 Å². The molecule has 0 saturated heterocycles. The van der Waals surface area contributed by atoms with E-state index in [0.717, 1.165) is 18.6 Å². The molecule has 2 aliphatic rings. The van der Waals surface area contributed by atoms with Gasteiger partial charge in [-0.3, -0.25) is 0 Å². The van der Waals surface area contributed by atoms with E-state index in [4.69, 9.17) is 10.5 Å². The van der Waals surface area contributed by atoms with Crippen LogP contribution in [-0.2, 0) is 12.8 Å². The molecule has 98 valence electrons. The average molecular weight is 245 g/mol. The summed E-state index contributed by atoms with van der Waals surface area (Å²) in [6.07, 6.45) is 9.97. The lowest BCUT2D eigenvalue weighted by molar-refractivity contribution is 0.131. The molecule has 0 amide bonds. The Morgan fingerprint density at radius 2 is 1.83 bits per heavy atom. The number of aryl methyl sites for hydroxylation is 1. The molecule has 2 N–H and O–H groups in total.